The SMILES string of the molecule is CC12CC3CC(C1)CC(NC(=O)N1CCCCC1)(C3)O2. The minimum absolute atomic E-state index is 0.0132. The van der Waals surface area contributed by atoms with Gasteiger partial charge < -0.3 is 15.0 Å². The molecule has 5 fully saturated rings. The molecule has 1 N–H and O–H groups in total. The van der Waals surface area contributed by atoms with Crippen LogP contribution in [0.15, 0.2) is 0 Å². The van der Waals surface area contributed by atoms with Crippen LogP contribution < -0.4 is 5.32 Å². The third-order valence-electron chi connectivity index (χ3n) is 5.76. The first-order valence-electron chi connectivity index (χ1n) is 8.33. The van der Waals surface area contributed by atoms with Gasteiger partial charge in [-0.15, -0.1) is 0 Å². The highest BCUT2D eigenvalue weighted by Gasteiger charge is 2.57. The number of piperidine rings is 1. The minimum Gasteiger partial charge on any atom is -0.350 e. The van der Waals surface area contributed by atoms with Crippen LogP contribution in [0.3, 0.4) is 0 Å². The van der Waals surface area contributed by atoms with Crippen molar-refractivity contribution in [1.29, 1.82) is 0 Å². The highest BCUT2D eigenvalue weighted by molar-refractivity contribution is 5.75. The Labute approximate surface area is 121 Å². The Morgan fingerprint density at radius 1 is 1.10 bits per heavy atom. The van der Waals surface area contributed by atoms with Crippen molar-refractivity contribution in [3.05, 3.63) is 0 Å². The summed E-state index contributed by atoms with van der Waals surface area (Å²) in [4.78, 5) is 14.5. The van der Waals surface area contributed by atoms with Crippen LogP contribution in [0, 0.1) is 11.8 Å². The van der Waals surface area contributed by atoms with Crippen molar-refractivity contribution in [3.8, 4) is 0 Å². The van der Waals surface area contributed by atoms with Gasteiger partial charge in [0, 0.05) is 13.1 Å². The van der Waals surface area contributed by atoms with Crippen molar-refractivity contribution >= 4 is 6.03 Å². The lowest BCUT2D eigenvalue weighted by molar-refractivity contribution is -0.274. The van der Waals surface area contributed by atoms with E-state index in [-0.39, 0.29) is 17.4 Å². The van der Waals surface area contributed by atoms with E-state index >= 15 is 0 Å². The van der Waals surface area contributed by atoms with Crippen LogP contribution in [0.4, 0.5) is 4.79 Å². The third kappa shape index (κ3) is 2.12. The topological polar surface area (TPSA) is 41.6 Å². The number of urea groups is 1. The minimum atomic E-state index is -0.354. The lowest BCUT2D eigenvalue weighted by atomic mass is 9.60. The van der Waals surface area contributed by atoms with Crippen LogP contribution in [0.2, 0.25) is 0 Å². The van der Waals surface area contributed by atoms with Gasteiger partial charge in [0.15, 0.2) is 0 Å². The summed E-state index contributed by atoms with van der Waals surface area (Å²) in [5, 5.41) is 3.28. The monoisotopic (exact) mass is 278 g/mol. The maximum absolute atomic E-state index is 12.5. The fraction of sp³-hybridized carbons (Fsp3) is 0.938. The molecule has 3 heterocycles. The van der Waals surface area contributed by atoms with Crippen molar-refractivity contribution in [2.75, 3.05) is 13.1 Å². The van der Waals surface area contributed by atoms with Gasteiger partial charge in [0.05, 0.1) is 5.60 Å². The second-order valence-corrected chi connectivity index (χ2v) is 7.81. The van der Waals surface area contributed by atoms with Crippen LogP contribution in [0.5, 0.6) is 0 Å². The first-order chi connectivity index (χ1) is 9.56. The predicted octanol–water partition coefficient (Wildman–Crippen LogP) is 2.88. The fourth-order valence-electron chi connectivity index (χ4n) is 5.41. The molecule has 0 aromatic heterocycles. The first-order valence-corrected chi connectivity index (χ1v) is 8.33. The smallest absolute Gasteiger partial charge is 0.319 e. The van der Waals surface area contributed by atoms with Crippen LogP contribution in [0.25, 0.3) is 0 Å². The highest BCUT2D eigenvalue weighted by atomic mass is 16.5. The maximum Gasteiger partial charge on any atom is 0.319 e. The number of rotatable bonds is 1. The van der Waals surface area contributed by atoms with Crippen molar-refractivity contribution in [1.82, 2.24) is 10.2 Å². The van der Waals surface area contributed by atoms with E-state index < -0.39 is 0 Å². The highest BCUT2D eigenvalue weighted by Crippen LogP contribution is 2.56. The number of hydrogen-bond acceptors (Lipinski definition) is 2. The van der Waals surface area contributed by atoms with Gasteiger partial charge in [0.2, 0.25) is 0 Å². The molecule has 2 atom stereocenters. The molecule has 20 heavy (non-hydrogen) atoms. The summed E-state index contributed by atoms with van der Waals surface area (Å²) in [6.45, 7) is 4.06. The zero-order valence-electron chi connectivity index (χ0n) is 12.5. The van der Waals surface area contributed by atoms with E-state index in [1.54, 1.807) is 0 Å². The number of likely N-dealkylation sites (tertiary alicyclic amines) is 1. The van der Waals surface area contributed by atoms with Gasteiger partial charge in [0.1, 0.15) is 5.72 Å². The lowest BCUT2D eigenvalue weighted by Crippen LogP contribution is -2.68. The number of carbonyl (C=O) groups excluding carboxylic acids is 1. The summed E-state index contributed by atoms with van der Waals surface area (Å²) in [5.41, 5.74) is -0.341. The number of nitrogens with zero attached hydrogens (tertiary/aromatic N) is 1. The second kappa shape index (κ2) is 4.36. The number of carbonyl (C=O) groups is 1. The van der Waals surface area contributed by atoms with Crippen molar-refractivity contribution < 1.29 is 9.53 Å². The van der Waals surface area contributed by atoms with Crippen LogP contribution in [0.1, 0.15) is 58.3 Å². The summed E-state index contributed by atoms with van der Waals surface area (Å²) >= 11 is 0. The van der Waals surface area contributed by atoms with Gasteiger partial charge in [-0.2, -0.15) is 0 Å². The molecule has 0 radical (unpaired) electrons. The first kappa shape index (κ1) is 12.9. The molecule has 4 nitrogen and oxygen atoms in total. The lowest BCUT2D eigenvalue weighted by Gasteiger charge is -2.61. The fourth-order valence-corrected chi connectivity index (χ4v) is 5.41. The normalized spacial score (nSPS) is 46.5. The van der Waals surface area contributed by atoms with E-state index in [0.29, 0.717) is 0 Å². The molecule has 3 saturated heterocycles. The van der Waals surface area contributed by atoms with Gasteiger partial charge in [-0.1, -0.05) is 0 Å². The Hall–Kier alpha value is -0.770. The molecular weight excluding hydrogens is 252 g/mol. The summed E-state index contributed by atoms with van der Waals surface area (Å²) < 4.78 is 6.40. The number of ether oxygens (including phenoxy) is 1. The molecule has 5 aliphatic rings. The predicted molar refractivity (Wildman–Crippen MR) is 76.2 cm³/mol. The number of hydrogen-bond donors (Lipinski definition) is 1. The molecule has 0 aromatic carbocycles. The molecule has 0 aromatic rings. The molecule has 4 bridgehead atoms. The van der Waals surface area contributed by atoms with Gasteiger partial charge in [0.25, 0.3) is 0 Å². The van der Waals surface area contributed by atoms with Crippen molar-refractivity contribution in [3.63, 3.8) is 0 Å². The summed E-state index contributed by atoms with van der Waals surface area (Å²) in [7, 11) is 0. The average Bonchev–Trinajstić information content (AvgIpc) is 2.36. The van der Waals surface area contributed by atoms with Gasteiger partial charge in [-0.05, 0) is 70.1 Å². The summed E-state index contributed by atoms with van der Waals surface area (Å²) in [6.07, 6.45) is 9.31. The Bertz CT molecular complexity index is 403. The van der Waals surface area contributed by atoms with E-state index in [1.807, 2.05) is 4.90 Å². The summed E-state index contributed by atoms with van der Waals surface area (Å²) in [6, 6.07) is 0.107. The summed E-state index contributed by atoms with van der Waals surface area (Å²) in [5.74, 6) is 1.51. The van der Waals surface area contributed by atoms with Crippen LogP contribution in [-0.4, -0.2) is 35.3 Å². The van der Waals surface area contributed by atoms with E-state index in [4.69, 9.17) is 4.74 Å². The number of nitrogens with one attached hydrogen (secondary N) is 1. The Morgan fingerprint density at radius 2 is 1.75 bits per heavy atom. The van der Waals surface area contributed by atoms with E-state index in [2.05, 4.69) is 12.2 Å². The molecule has 2 saturated carbocycles. The van der Waals surface area contributed by atoms with E-state index in [0.717, 1.165) is 50.6 Å². The second-order valence-electron chi connectivity index (χ2n) is 7.81. The Kier molecular flexibility index (Phi) is 2.82. The molecule has 2 unspecified atom stereocenters. The molecule has 0 spiro atoms. The molecule has 2 amide bonds. The molecule has 2 aliphatic carbocycles. The third-order valence-corrected chi connectivity index (χ3v) is 5.76. The average molecular weight is 278 g/mol. The number of amides is 2. The van der Waals surface area contributed by atoms with Crippen LogP contribution in [-0.2, 0) is 4.74 Å². The van der Waals surface area contributed by atoms with Crippen molar-refractivity contribution in [2.45, 2.75) is 69.6 Å². The Morgan fingerprint density at radius 3 is 2.35 bits per heavy atom. The quantitative estimate of drug-likeness (QED) is 0.801. The van der Waals surface area contributed by atoms with Gasteiger partial charge in [-0.3, -0.25) is 0 Å². The van der Waals surface area contributed by atoms with Crippen LogP contribution >= 0.6 is 0 Å². The molecule has 3 aliphatic heterocycles. The molecule has 4 heteroatoms. The van der Waals surface area contributed by atoms with E-state index in [1.165, 1.54) is 25.7 Å². The zero-order valence-corrected chi connectivity index (χ0v) is 12.5. The zero-order chi connectivity index (χ0) is 13.8. The van der Waals surface area contributed by atoms with Gasteiger partial charge >= 0.3 is 6.03 Å². The molecule has 5 rings (SSSR count). The maximum atomic E-state index is 12.5. The molecule has 112 valence electrons. The van der Waals surface area contributed by atoms with Gasteiger partial charge in [-0.25, -0.2) is 4.79 Å². The molecular formula is C16H26N2O2. The Balaban J connectivity index is 1.49. The van der Waals surface area contributed by atoms with Crippen molar-refractivity contribution in [2.24, 2.45) is 11.8 Å². The van der Waals surface area contributed by atoms with E-state index in [9.17, 15) is 4.79 Å². The largest absolute Gasteiger partial charge is 0.350 e. The standard InChI is InChI=1S/C16H26N2O2/c1-15-8-12-7-13(9-15)11-16(10-12,20-15)17-14(19)18-5-3-2-4-6-18/h12-13H,2-11H2,1H3,(H,17,19).